The molecule has 0 radical (unpaired) electrons. The number of rotatable bonds is 13. The molecular weight excluding hydrogens is 538 g/mol. The topological polar surface area (TPSA) is 96.0 Å². The molecule has 0 fully saturated rings. The maximum atomic E-state index is 13.9. The molecule has 0 spiro atoms. The summed E-state index contributed by atoms with van der Waals surface area (Å²) in [6.45, 7) is 3.74. The van der Waals surface area contributed by atoms with Crippen LogP contribution in [0.1, 0.15) is 32.3 Å². The highest BCUT2D eigenvalue weighted by atomic mass is 35.5. The lowest BCUT2D eigenvalue weighted by Crippen LogP contribution is -2.51. The van der Waals surface area contributed by atoms with Crippen molar-refractivity contribution in [3.63, 3.8) is 0 Å². The molecule has 1 atom stereocenters. The molecule has 0 saturated carbocycles. The third kappa shape index (κ3) is 7.74. The molecule has 208 valence electrons. The number of carbonyl (C=O) groups excluding carboxylic acids is 2. The van der Waals surface area contributed by atoms with Crippen LogP contribution in [0.3, 0.4) is 0 Å². The van der Waals surface area contributed by atoms with Gasteiger partial charge in [0.1, 0.15) is 18.3 Å². The van der Waals surface area contributed by atoms with Gasteiger partial charge in [0, 0.05) is 13.1 Å². The SMILES string of the molecule is CCCCNC(=O)[C@H](C)N(Cc1ccccc1)C(=O)CN(c1ccc(OC)c(Cl)c1)S(=O)(=O)c1ccccc1. The lowest BCUT2D eigenvalue weighted by molar-refractivity contribution is -0.139. The van der Waals surface area contributed by atoms with E-state index in [2.05, 4.69) is 5.32 Å². The third-order valence-electron chi connectivity index (χ3n) is 6.23. The predicted molar refractivity (Wildman–Crippen MR) is 153 cm³/mol. The van der Waals surface area contributed by atoms with Crippen LogP contribution in [0.25, 0.3) is 0 Å². The van der Waals surface area contributed by atoms with E-state index in [9.17, 15) is 18.0 Å². The number of methoxy groups -OCH3 is 1. The molecule has 3 aromatic rings. The average molecular weight is 572 g/mol. The number of unbranched alkanes of at least 4 members (excludes halogenated alkanes) is 1. The second-order valence-electron chi connectivity index (χ2n) is 8.97. The number of amides is 2. The average Bonchev–Trinajstić information content (AvgIpc) is 2.95. The van der Waals surface area contributed by atoms with E-state index in [1.807, 2.05) is 37.3 Å². The van der Waals surface area contributed by atoms with Crippen molar-refractivity contribution in [2.45, 2.75) is 44.2 Å². The van der Waals surface area contributed by atoms with Gasteiger partial charge in [-0.1, -0.05) is 73.5 Å². The molecule has 0 bridgehead atoms. The van der Waals surface area contributed by atoms with Crippen LogP contribution in [0.2, 0.25) is 5.02 Å². The zero-order valence-corrected chi connectivity index (χ0v) is 23.9. The van der Waals surface area contributed by atoms with Crippen molar-refractivity contribution in [2.24, 2.45) is 0 Å². The molecule has 0 heterocycles. The zero-order valence-electron chi connectivity index (χ0n) is 22.3. The number of anilines is 1. The number of ether oxygens (including phenoxy) is 1. The Kier molecular flexibility index (Phi) is 10.8. The van der Waals surface area contributed by atoms with Gasteiger partial charge in [-0.05, 0) is 49.2 Å². The molecule has 1 N–H and O–H groups in total. The van der Waals surface area contributed by atoms with E-state index in [0.717, 1.165) is 22.7 Å². The summed E-state index contributed by atoms with van der Waals surface area (Å²) in [4.78, 5) is 28.3. The van der Waals surface area contributed by atoms with Crippen LogP contribution in [0.15, 0.2) is 83.8 Å². The highest BCUT2D eigenvalue weighted by Gasteiger charge is 2.32. The Bertz CT molecular complexity index is 1350. The van der Waals surface area contributed by atoms with Crippen LogP contribution < -0.4 is 14.4 Å². The highest BCUT2D eigenvalue weighted by molar-refractivity contribution is 7.92. The molecule has 3 rings (SSSR count). The fourth-order valence-corrected chi connectivity index (χ4v) is 5.64. The minimum atomic E-state index is -4.17. The fourth-order valence-electron chi connectivity index (χ4n) is 3.96. The molecule has 8 nitrogen and oxygen atoms in total. The number of halogens is 1. The van der Waals surface area contributed by atoms with Gasteiger partial charge in [-0.15, -0.1) is 0 Å². The summed E-state index contributed by atoms with van der Waals surface area (Å²) in [5, 5.41) is 3.06. The van der Waals surface area contributed by atoms with Crippen molar-refractivity contribution in [3.05, 3.63) is 89.4 Å². The first-order valence-corrected chi connectivity index (χ1v) is 14.5. The van der Waals surface area contributed by atoms with Gasteiger partial charge in [-0.25, -0.2) is 8.42 Å². The smallest absolute Gasteiger partial charge is 0.264 e. The fraction of sp³-hybridized carbons (Fsp3) is 0.310. The van der Waals surface area contributed by atoms with E-state index < -0.39 is 28.5 Å². The maximum Gasteiger partial charge on any atom is 0.264 e. The van der Waals surface area contributed by atoms with Crippen molar-refractivity contribution >= 4 is 39.1 Å². The summed E-state index contributed by atoms with van der Waals surface area (Å²) in [6, 6.07) is 20.8. The van der Waals surface area contributed by atoms with Gasteiger partial charge in [0.05, 0.1) is 22.7 Å². The lowest BCUT2D eigenvalue weighted by atomic mass is 10.1. The number of nitrogens with zero attached hydrogens (tertiary/aromatic N) is 2. The Hall–Kier alpha value is -3.56. The van der Waals surface area contributed by atoms with Crippen LogP contribution in [-0.2, 0) is 26.2 Å². The number of hydrogen-bond donors (Lipinski definition) is 1. The molecule has 0 aromatic heterocycles. The molecule has 0 aliphatic rings. The van der Waals surface area contributed by atoms with E-state index in [0.29, 0.717) is 12.3 Å². The van der Waals surface area contributed by atoms with E-state index in [1.54, 1.807) is 31.2 Å². The molecule has 0 saturated heterocycles. The lowest BCUT2D eigenvalue weighted by Gasteiger charge is -2.32. The molecule has 2 amide bonds. The number of nitrogens with one attached hydrogen (secondary N) is 1. The number of sulfonamides is 1. The molecule has 0 aliphatic carbocycles. The van der Waals surface area contributed by atoms with Crippen molar-refractivity contribution in [1.82, 2.24) is 10.2 Å². The van der Waals surface area contributed by atoms with Crippen LogP contribution >= 0.6 is 11.6 Å². The Morgan fingerprint density at radius 1 is 1.00 bits per heavy atom. The second kappa shape index (κ2) is 14.0. The summed E-state index contributed by atoms with van der Waals surface area (Å²) in [7, 11) is -2.71. The van der Waals surface area contributed by atoms with E-state index >= 15 is 0 Å². The maximum absolute atomic E-state index is 13.9. The molecule has 3 aromatic carbocycles. The number of benzene rings is 3. The van der Waals surface area contributed by atoms with Crippen molar-refractivity contribution in [2.75, 3.05) is 24.5 Å². The highest BCUT2D eigenvalue weighted by Crippen LogP contribution is 2.32. The van der Waals surface area contributed by atoms with Gasteiger partial charge in [0.2, 0.25) is 11.8 Å². The van der Waals surface area contributed by atoms with E-state index in [1.165, 1.54) is 36.3 Å². The van der Waals surface area contributed by atoms with Crippen molar-refractivity contribution in [3.8, 4) is 5.75 Å². The summed E-state index contributed by atoms with van der Waals surface area (Å²) in [6.07, 6.45) is 1.73. The molecule has 39 heavy (non-hydrogen) atoms. The third-order valence-corrected chi connectivity index (χ3v) is 8.31. The summed E-state index contributed by atoms with van der Waals surface area (Å²) in [5.74, 6) is -0.479. The minimum absolute atomic E-state index is 0.0182. The number of hydrogen-bond acceptors (Lipinski definition) is 5. The van der Waals surface area contributed by atoms with Gasteiger partial charge in [-0.2, -0.15) is 0 Å². The first kappa shape index (κ1) is 30.0. The van der Waals surface area contributed by atoms with Crippen LogP contribution in [-0.4, -0.2) is 51.4 Å². The molecule has 10 heteroatoms. The monoisotopic (exact) mass is 571 g/mol. The van der Waals surface area contributed by atoms with Gasteiger partial charge in [-0.3, -0.25) is 13.9 Å². The summed E-state index contributed by atoms with van der Waals surface area (Å²) >= 11 is 6.33. The normalized spacial score (nSPS) is 11.9. The van der Waals surface area contributed by atoms with Crippen molar-refractivity contribution in [1.29, 1.82) is 0 Å². The van der Waals surface area contributed by atoms with Crippen molar-refractivity contribution < 1.29 is 22.7 Å². The summed E-state index contributed by atoms with van der Waals surface area (Å²) < 4.78 is 33.8. The zero-order chi connectivity index (χ0) is 28.4. The Labute approximate surface area is 235 Å². The second-order valence-corrected chi connectivity index (χ2v) is 11.2. The standard InChI is InChI=1S/C29H34ClN3O5S/c1-4-5-18-31-29(35)22(2)32(20-23-12-8-6-9-13-23)28(34)21-33(24-16-17-27(38-3)26(30)19-24)39(36,37)25-14-10-7-11-15-25/h6-17,19,22H,4-5,18,20-21H2,1-3H3,(H,31,35)/t22-/m0/s1. The molecule has 0 aliphatic heterocycles. The van der Waals surface area contributed by atoms with Crippen LogP contribution in [0.5, 0.6) is 5.75 Å². The Morgan fingerprint density at radius 2 is 1.64 bits per heavy atom. The van der Waals surface area contributed by atoms with Gasteiger partial charge < -0.3 is 15.0 Å². The quantitative estimate of drug-likeness (QED) is 0.295. The van der Waals surface area contributed by atoms with E-state index in [4.69, 9.17) is 16.3 Å². The number of carbonyl (C=O) groups is 2. The largest absolute Gasteiger partial charge is 0.495 e. The van der Waals surface area contributed by atoms with Crippen LogP contribution in [0.4, 0.5) is 5.69 Å². The predicted octanol–water partition coefficient (Wildman–Crippen LogP) is 4.88. The minimum Gasteiger partial charge on any atom is -0.495 e. The van der Waals surface area contributed by atoms with Gasteiger partial charge >= 0.3 is 0 Å². The van der Waals surface area contributed by atoms with Gasteiger partial charge in [0.25, 0.3) is 10.0 Å². The summed E-state index contributed by atoms with van der Waals surface area (Å²) in [5.41, 5.74) is 1.00. The first-order chi connectivity index (χ1) is 18.7. The molecule has 0 unspecified atom stereocenters. The van der Waals surface area contributed by atoms with E-state index in [-0.39, 0.29) is 28.1 Å². The van der Waals surface area contributed by atoms with Crippen LogP contribution in [0, 0.1) is 0 Å². The van der Waals surface area contributed by atoms with Gasteiger partial charge in [0.15, 0.2) is 0 Å². The first-order valence-electron chi connectivity index (χ1n) is 12.7. The Morgan fingerprint density at radius 3 is 2.23 bits per heavy atom. The Balaban J connectivity index is 2.01. The molecular formula is C29H34ClN3O5S.